The van der Waals surface area contributed by atoms with Crippen molar-refractivity contribution >= 4 is 12.1 Å². The van der Waals surface area contributed by atoms with Crippen LogP contribution < -0.4 is 14.8 Å². The lowest BCUT2D eigenvalue weighted by Gasteiger charge is -2.20. The maximum atomic E-state index is 12.0. The average Bonchev–Trinajstić information content (AvgIpc) is 2.70. The molecule has 1 unspecified atom stereocenters. The summed E-state index contributed by atoms with van der Waals surface area (Å²) < 4.78 is 15.8. The van der Waals surface area contributed by atoms with E-state index in [0.29, 0.717) is 12.1 Å². The van der Waals surface area contributed by atoms with E-state index >= 15 is 0 Å². The number of nitrogens with one attached hydrogen (secondary N) is 1. The minimum atomic E-state index is -1.22. The molecule has 0 spiro atoms. The molecule has 0 bridgehead atoms. The number of pyridine rings is 1. The standard InChI is InChI=1S/C21H24N2O6/c1-4-10-28-21(26)23-16(12-15-8-6-5-7-9-15)13-29-17-11-14(2)22-19(27-3)18(17)20(24)25/h4-9,11,16H,1,10,12-13H2,2-3H3,(H,23,26)(H,24,25). The molecule has 1 aromatic heterocycles. The van der Waals surface area contributed by atoms with Crippen LogP contribution in [0.5, 0.6) is 11.6 Å². The van der Waals surface area contributed by atoms with Gasteiger partial charge in [0.15, 0.2) is 5.56 Å². The van der Waals surface area contributed by atoms with Crippen LogP contribution in [0.4, 0.5) is 4.79 Å². The van der Waals surface area contributed by atoms with Gasteiger partial charge < -0.3 is 24.6 Å². The van der Waals surface area contributed by atoms with Crippen LogP contribution in [-0.2, 0) is 11.2 Å². The summed E-state index contributed by atoms with van der Waals surface area (Å²) in [4.78, 5) is 27.7. The van der Waals surface area contributed by atoms with E-state index in [4.69, 9.17) is 14.2 Å². The van der Waals surface area contributed by atoms with Crippen molar-refractivity contribution in [3.8, 4) is 11.6 Å². The van der Waals surface area contributed by atoms with Crippen molar-refractivity contribution in [2.45, 2.75) is 19.4 Å². The molecule has 0 radical (unpaired) electrons. The Kier molecular flexibility index (Phi) is 8.02. The largest absolute Gasteiger partial charge is 0.490 e. The zero-order chi connectivity index (χ0) is 21.2. The summed E-state index contributed by atoms with van der Waals surface area (Å²) >= 11 is 0. The number of aryl methyl sites for hydroxylation is 1. The Morgan fingerprint density at radius 3 is 2.66 bits per heavy atom. The first kappa shape index (κ1) is 21.7. The van der Waals surface area contributed by atoms with Gasteiger partial charge >= 0.3 is 12.1 Å². The predicted octanol–water partition coefficient (Wildman–Crippen LogP) is 3.00. The van der Waals surface area contributed by atoms with Crippen LogP contribution in [0, 0.1) is 6.92 Å². The summed E-state index contributed by atoms with van der Waals surface area (Å²) in [6.45, 7) is 5.30. The predicted molar refractivity (Wildman–Crippen MR) is 107 cm³/mol. The number of ether oxygens (including phenoxy) is 3. The van der Waals surface area contributed by atoms with Crippen molar-refractivity contribution in [1.82, 2.24) is 10.3 Å². The van der Waals surface area contributed by atoms with Gasteiger partial charge in [0.2, 0.25) is 5.88 Å². The van der Waals surface area contributed by atoms with Gasteiger partial charge in [0.1, 0.15) is 19.0 Å². The highest BCUT2D eigenvalue weighted by atomic mass is 16.5. The van der Waals surface area contributed by atoms with Gasteiger partial charge in [0, 0.05) is 11.8 Å². The number of hydrogen-bond donors (Lipinski definition) is 2. The maximum absolute atomic E-state index is 12.0. The van der Waals surface area contributed by atoms with Crippen LogP contribution >= 0.6 is 0 Å². The number of aromatic carboxylic acids is 1. The normalized spacial score (nSPS) is 11.2. The maximum Gasteiger partial charge on any atom is 0.407 e. The first-order valence-corrected chi connectivity index (χ1v) is 8.94. The van der Waals surface area contributed by atoms with Crippen LogP contribution in [0.1, 0.15) is 21.6 Å². The van der Waals surface area contributed by atoms with Gasteiger partial charge in [0.05, 0.1) is 13.2 Å². The van der Waals surface area contributed by atoms with Crippen molar-refractivity contribution in [2.75, 3.05) is 20.3 Å². The molecule has 8 nitrogen and oxygen atoms in total. The average molecular weight is 400 g/mol. The molecule has 0 aliphatic heterocycles. The number of hydrogen-bond acceptors (Lipinski definition) is 6. The summed E-state index contributed by atoms with van der Waals surface area (Å²) in [7, 11) is 1.34. The number of benzene rings is 1. The van der Waals surface area contributed by atoms with E-state index in [1.165, 1.54) is 19.3 Å². The van der Waals surface area contributed by atoms with E-state index in [-0.39, 0.29) is 30.4 Å². The summed E-state index contributed by atoms with van der Waals surface area (Å²) in [5.41, 5.74) is 1.35. The van der Waals surface area contributed by atoms with Crippen molar-refractivity contribution < 1.29 is 28.9 Å². The van der Waals surface area contributed by atoms with Gasteiger partial charge in [-0.05, 0) is 18.9 Å². The number of carbonyl (C=O) groups is 2. The first-order valence-electron chi connectivity index (χ1n) is 8.94. The Hall–Kier alpha value is -3.55. The van der Waals surface area contributed by atoms with Crippen LogP contribution in [0.3, 0.4) is 0 Å². The number of aromatic nitrogens is 1. The third-order valence-corrected chi connectivity index (χ3v) is 3.90. The zero-order valence-corrected chi connectivity index (χ0v) is 16.4. The molecule has 154 valence electrons. The van der Waals surface area contributed by atoms with E-state index in [1.807, 2.05) is 30.3 Å². The molecule has 1 atom stereocenters. The molecule has 2 N–H and O–H groups in total. The molecule has 2 rings (SSSR count). The Bertz CT molecular complexity index is 854. The van der Waals surface area contributed by atoms with Gasteiger partial charge in [-0.25, -0.2) is 14.6 Å². The monoisotopic (exact) mass is 400 g/mol. The van der Waals surface area contributed by atoms with Gasteiger partial charge in [0.25, 0.3) is 0 Å². The number of methoxy groups -OCH3 is 1. The van der Waals surface area contributed by atoms with Crippen molar-refractivity contribution in [3.05, 3.63) is 65.9 Å². The molecule has 0 aliphatic rings. The zero-order valence-electron chi connectivity index (χ0n) is 16.4. The highest BCUT2D eigenvalue weighted by Crippen LogP contribution is 2.28. The molecule has 1 heterocycles. The summed E-state index contributed by atoms with van der Waals surface area (Å²) in [6, 6.07) is 10.6. The fourth-order valence-corrected chi connectivity index (χ4v) is 2.66. The summed E-state index contributed by atoms with van der Waals surface area (Å²) in [5.74, 6) is -1.14. The van der Waals surface area contributed by atoms with Crippen molar-refractivity contribution in [1.29, 1.82) is 0 Å². The Balaban J connectivity index is 2.20. The van der Waals surface area contributed by atoms with E-state index in [2.05, 4.69) is 16.9 Å². The number of rotatable bonds is 10. The Labute approximate surface area is 169 Å². The van der Waals surface area contributed by atoms with Crippen LogP contribution in [-0.4, -0.2) is 48.5 Å². The number of carboxylic acid groups (broad SMARTS) is 1. The highest BCUT2D eigenvalue weighted by molar-refractivity contribution is 5.93. The van der Waals surface area contributed by atoms with Gasteiger partial charge in [-0.15, -0.1) is 0 Å². The summed E-state index contributed by atoms with van der Waals surface area (Å²) in [5, 5.41) is 12.2. The lowest BCUT2D eigenvalue weighted by Crippen LogP contribution is -2.41. The number of carboxylic acids is 1. The molecule has 1 aromatic carbocycles. The number of amides is 1. The molecule has 0 saturated heterocycles. The second-order valence-corrected chi connectivity index (χ2v) is 6.18. The molecule has 2 aromatic rings. The lowest BCUT2D eigenvalue weighted by atomic mass is 10.1. The molecule has 1 amide bonds. The van der Waals surface area contributed by atoms with E-state index in [9.17, 15) is 14.7 Å². The Morgan fingerprint density at radius 2 is 2.03 bits per heavy atom. The van der Waals surface area contributed by atoms with Crippen LogP contribution in [0.25, 0.3) is 0 Å². The van der Waals surface area contributed by atoms with Gasteiger partial charge in [-0.2, -0.15) is 0 Å². The van der Waals surface area contributed by atoms with Gasteiger partial charge in [-0.1, -0.05) is 43.0 Å². The van der Waals surface area contributed by atoms with Crippen LogP contribution in [0.15, 0.2) is 49.1 Å². The number of carbonyl (C=O) groups excluding carboxylic acids is 1. The molecular weight excluding hydrogens is 376 g/mol. The second kappa shape index (κ2) is 10.7. The molecule has 0 fully saturated rings. The SMILES string of the molecule is C=CCOC(=O)NC(COc1cc(C)nc(OC)c1C(=O)O)Cc1ccccc1. The van der Waals surface area contributed by atoms with E-state index in [0.717, 1.165) is 5.56 Å². The fraction of sp³-hybridized carbons (Fsp3) is 0.286. The smallest absolute Gasteiger partial charge is 0.407 e. The van der Waals surface area contributed by atoms with Crippen molar-refractivity contribution in [2.24, 2.45) is 0 Å². The highest BCUT2D eigenvalue weighted by Gasteiger charge is 2.22. The molecule has 0 saturated carbocycles. The third kappa shape index (κ3) is 6.53. The topological polar surface area (TPSA) is 107 Å². The minimum absolute atomic E-state index is 0.0188. The minimum Gasteiger partial charge on any atom is -0.490 e. The van der Waals surface area contributed by atoms with Crippen LogP contribution in [0.2, 0.25) is 0 Å². The summed E-state index contributed by atoms with van der Waals surface area (Å²) in [6.07, 6.45) is 1.32. The van der Waals surface area contributed by atoms with Gasteiger partial charge in [-0.3, -0.25) is 0 Å². The molecule has 8 heteroatoms. The fourth-order valence-electron chi connectivity index (χ4n) is 2.66. The number of alkyl carbamates (subject to hydrolysis) is 1. The molecule has 0 aliphatic carbocycles. The van der Waals surface area contributed by atoms with E-state index < -0.39 is 18.1 Å². The molecule has 29 heavy (non-hydrogen) atoms. The lowest BCUT2D eigenvalue weighted by molar-refractivity contribution is 0.0686. The van der Waals surface area contributed by atoms with Crippen molar-refractivity contribution in [3.63, 3.8) is 0 Å². The van der Waals surface area contributed by atoms with E-state index in [1.54, 1.807) is 6.92 Å². The second-order valence-electron chi connectivity index (χ2n) is 6.18. The Morgan fingerprint density at radius 1 is 1.31 bits per heavy atom. The third-order valence-electron chi connectivity index (χ3n) is 3.90. The molecular formula is C21H24N2O6. The first-order chi connectivity index (χ1) is 13.9. The quantitative estimate of drug-likeness (QED) is 0.590. The number of nitrogens with zero attached hydrogens (tertiary/aromatic N) is 1.